The number of carbonyl (C=O) groups is 1. The number of carbonyl (C=O) groups excluding carboxylic acids is 1. The summed E-state index contributed by atoms with van der Waals surface area (Å²) >= 11 is 0. The third-order valence-electron chi connectivity index (χ3n) is 4.36. The molecule has 2 aliphatic rings. The summed E-state index contributed by atoms with van der Waals surface area (Å²) in [4.78, 5) is 20.3. The van der Waals surface area contributed by atoms with Crippen molar-refractivity contribution in [1.29, 1.82) is 0 Å². The van der Waals surface area contributed by atoms with Gasteiger partial charge >= 0.3 is 0 Å². The van der Waals surface area contributed by atoms with E-state index in [1.165, 1.54) is 18.5 Å². The maximum Gasteiger partial charge on any atom is 0.228 e. The number of amides is 1. The molecule has 1 amide bonds. The van der Waals surface area contributed by atoms with Crippen molar-refractivity contribution in [3.63, 3.8) is 0 Å². The van der Waals surface area contributed by atoms with Gasteiger partial charge in [0.15, 0.2) is 5.82 Å². The van der Waals surface area contributed by atoms with Gasteiger partial charge in [0.25, 0.3) is 0 Å². The lowest BCUT2D eigenvalue weighted by Crippen LogP contribution is -2.53. The van der Waals surface area contributed by atoms with Crippen LogP contribution in [0.3, 0.4) is 0 Å². The predicted molar refractivity (Wildman–Crippen MR) is 79.4 cm³/mol. The maximum absolute atomic E-state index is 11.9. The molecule has 1 aliphatic carbocycles. The van der Waals surface area contributed by atoms with Crippen LogP contribution in [0.25, 0.3) is 5.52 Å². The number of rotatable bonds is 3. The number of fused-ring (bicyclic) bond motifs is 1. The van der Waals surface area contributed by atoms with Gasteiger partial charge in [-0.3, -0.25) is 4.79 Å². The van der Waals surface area contributed by atoms with Crippen LogP contribution in [0.15, 0.2) is 18.5 Å². The minimum atomic E-state index is 0.0906. The number of aromatic nitrogens is 3. The van der Waals surface area contributed by atoms with Gasteiger partial charge in [0, 0.05) is 45.5 Å². The average Bonchev–Trinajstić information content (AvgIpc) is 3.16. The summed E-state index contributed by atoms with van der Waals surface area (Å²) in [6.07, 6.45) is 6.17. The van der Waals surface area contributed by atoms with Crippen LogP contribution in [-0.2, 0) is 4.79 Å². The summed E-state index contributed by atoms with van der Waals surface area (Å²) in [5, 5.41) is 4.63. The summed E-state index contributed by atoms with van der Waals surface area (Å²) in [6.45, 7) is 1.49. The highest BCUT2D eigenvalue weighted by molar-refractivity contribution is 5.82. The first-order valence-corrected chi connectivity index (χ1v) is 7.44. The summed E-state index contributed by atoms with van der Waals surface area (Å²) < 4.78 is 1.91. The van der Waals surface area contributed by atoms with E-state index in [2.05, 4.69) is 21.0 Å². The van der Waals surface area contributed by atoms with E-state index in [-0.39, 0.29) is 11.8 Å². The topological polar surface area (TPSA) is 53.7 Å². The summed E-state index contributed by atoms with van der Waals surface area (Å²) in [6, 6.07) is 2.15. The number of anilines is 1. The Morgan fingerprint density at radius 2 is 2.10 bits per heavy atom. The van der Waals surface area contributed by atoms with Crippen LogP contribution in [0.4, 0.5) is 5.82 Å². The van der Waals surface area contributed by atoms with Crippen LogP contribution in [0.2, 0.25) is 0 Å². The van der Waals surface area contributed by atoms with Crippen molar-refractivity contribution in [1.82, 2.24) is 19.5 Å². The van der Waals surface area contributed by atoms with Crippen molar-refractivity contribution >= 4 is 17.2 Å². The average molecular weight is 285 g/mol. The normalized spacial score (nSPS) is 18.9. The quantitative estimate of drug-likeness (QED) is 0.848. The summed E-state index contributed by atoms with van der Waals surface area (Å²) in [7, 11) is 3.62. The Morgan fingerprint density at radius 3 is 2.76 bits per heavy atom. The lowest BCUT2D eigenvalue weighted by atomic mass is 9.98. The first kappa shape index (κ1) is 12.6. The SMILES string of the molecule is CN(C)C(=O)C1CN(c2nccn3nc(C4CC4)cc23)C1. The molecule has 1 saturated heterocycles. The predicted octanol–water partition coefficient (Wildman–Crippen LogP) is 1.13. The van der Waals surface area contributed by atoms with Crippen molar-refractivity contribution in [2.75, 3.05) is 32.1 Å². The molecule has 0 radical (unpaired) electrons. The molecule has 21 heavy (non-hydrogen) atoms. The minimum Gasteiger partial charge on any atom is -0.353 e. The summed E-state index contributed by atoms with van der Waals surface area (Å²) in [5.74, 6) is 1.87. The van der Waals surface area contributed by atoms with Gasteiger partial charge in [-0.2, -0.15) is 5.10 Å². The van der Waals surface area contributed by atoms with Gasteiger partial charge in [-0.25, -0.2) is 9.50 Å². The van der Waals surface area contributed by atoms with E-state index in [1.807, 2.05) is 24.8 Å². The van der Waals surface area contributed by atoms with E-state index >= 15 is 0 Å². The molecule has 3 heterocycles. The van der Waals surface area contributed by atoms with E-state index in [4.69, 9.17) is 0 Å². The first-order valence-electron chi connectivity index (χ1n) is 7.44. The van der Waals surface area contributed by atoms with Crippen LogP contribution >= 0.6 is 0 Å². The first-order chi connectivity index (χ1) is 10.1. The van der Waals surface area contributed by atoms with Gasteiger partial charge in [-0.1, -0.05) is 0 Å². The largest absolute Gasteiger partial charge is 0.353 e. The van der Waals surface area contributed by atoms with E-state index in [0.29, 0.717) is 5.92 Å². The lowest BCUT2D eigenvalue weighted by molar-refractivity contribution is -0.133. The Balaban J connectivity index is 1.58. The van der Waals surface area contributed by atoms with Crippen LogP contribution in [0.1, 0.15) is 24.5 Å². The highest BCUT2D eigenvalue weighted by atomic mass is 16.2. The molecule has 110 valence electrons. The molecule has 0 bridgehead atoms. The van der Waals surface area contributed by atoms with E-state index in [9.17, 15) is 4.79 Å². The van der Waals surface area contributed by atoms with Crippen LogP contribution < -0.4 is 4.90 Å². The van der Waals surface area contributed by atoms with Gasteiger partial charge in [-0.05, 0) is 18.9 Å². The molecule has 6 nitrogen and oxygen atoms in total. The van der Waals surface area contributed by atoms with Crippen LogP contribution in [0.5, 0.6) is 0 Å². The number of hydrogen-bond donors (Lipinski definition) is 0. The van der Waals surface area contributed by atoms with Gasteiger partial charge in [0.2, 0.25) is 5.91 Å². The van der Waals surface area contributed by atoms with Crippen molar-refractivity contribution in [2.45, 2.75) is 18.8 Å². The van der Waals surface area contributed by atoms with Crippen LogP contribution in [-0.4, -0.2) is 52.6 Å². The third kappa shape index (κ3) is 2.05. The second kappa shape index (κ2) is 4.44. The molecule has 2 fully saturated rings. The Morgan fingerprint density at radius 1 is 1.33 bits per heavy atom. The lowest BCUT2D eigenvalue weighted by Gasteiger charge is -2.40. The van der Waals surface area contributed by atoms with Crippen molar-refractivity contribution in [2.24, 2.45) is 5.92 Å². The smallest absolute Gasteiger partial charge is 0.228 e. The van der Waals surface area contributed by atoms with Gasteiger partial charge in [0.05, 0.1) is 11.6 Å². The van der Waals surface area contributed by atoms with Gasteiger partial charge in [0.1, 0.15) is 5.52 Å². The van der Waals surface area contributed by atoms with Crippen molar-refractivity contribution in [3.05, 3.63) is 24.2 Å². The van der Waals surface area contributed by atoms with Gasteiger partial charge in [-0.15, -0.1) is 0 Å². The molecule has 1 aliphatic heterocycles. The number of hydrogen-bond acceptors (Lipinski definition) is 4. The number of nitrogens with zero attached hydrogens (tertiary/aromatic N) is 5. The standard InChI is InChI=1S/C15H19N5O/c1-18(2)15(21)11-8-19(9-11)14-13-7-12(10-3-4-10)17-20(13)6-5-16-14/h5-7,10-11H,3-4,8-9H2,1-2H3. The fourth-order valence-corrected chi connectivity index (χ4v) is 2.92. The second-order valence-electron chi connectivity index (χ2n) is 6.26. The fraction of sp³-hybridized carbons (Fsp3) is 0.533. The fourth-order valence-electron chi connectivity index (χ4n) is 2.92. The molecule has 2 aromatic rings. The van der Waals surface area contributed by atoms with E-state index in [1.54, 1.807) is 11.1 Å². The minimum absolute atomic E-state index is 0.0906. The van der Waals surface area contributed by atoms with Crippen molar-refractivity contribution in [3.8, 4) is 0 Å². The molecule has 0 spiro atoms. The molecule has 2 aromatic heterocycles. The summed E-state index contributed by atoms with van der Waals surface area (Å²) in [5.41, 5.74) is 2.22. The molecular formula is C15H19N5O. The molecule has 1 saturated carbocycles. The zero-order chi connectivity index (χ0) is 14.6. The Hall–Kier alpha value is -2.11. The maximum atomic E-state index is 11.9. The molecule has 4 rings (SSSR count). The molecule has 0 unspecified atom stereocenters. The van der Waals surface area contributed by atoms with Gasteiger partial charge < -0.3 is 9.80 Å². The van der Waals surface area contributed by atoms with E-state index in [0.717, 1.165) is 24.4 Å². The Labute approximate surface area is 123 Å². The molecule has 0 N–H and O–H groups in total. The Bertz CT molecular complexity index is 697. The third-order valence-corrected chi connectivity index (χ3v) is 4.36. The zero-order valence-electron chi connectivity index (χ0n) is 12.4. The zero-order valence-corrected chi connectivity index (χ0v) is 12.4. The van der Waals surface area contributed by atoms with Crippen LogP contribution in [0, 0.1) is 5.92 Å². The van der Waals surface area contributed by atoms with E-state index < -0.39 is 0 Å². The molecule has 6 heteroatoms. The monoisotopic (exact) mass is 285 g/mol. The Kier molecular flexibility index (Phi) is 2.67. The highest BCUT2D eigenvalue weighted by Gasteiger charge is 2.35. The van der Waals surface area contributed by atoms with Crippen molar-refractivity contribution < 1.29 is 4.79 Å². The molecule has 0 aromatic carbocycles. The second-order valence-corrected chi connectivity index (χ2v) is 6.26. The molecule has 0 atom stereocenters. The molecular weight excluding hydrogens is 266 g/mol. The highest BCUT2D eigenvalue weighted by Crippen LogP contribution is 2.40.